The third-order valence-corrected chi connectivity index (χ3v) is 4.04. The zero-order valence-corrected chi connectivity index (χ0v) is 13.9. The minimum Gasteiger partial charge on any atom is -0.496 e. The molecule has 0 aliphatic heterocycles. The Morgan fingerprint density at radius 2 is 1.83 bits per heavy atom. The molecule has 0 saturated heterocycles. The van der Waals surface area contributed by atoms with Crippen molar-refractivity contribution in [2.45, 2.75) is 12.6 Å². The second-order valence-corrected chi connectivity index (χ2v) is 5.72. The molecule has 2 aromatic carbocycles. The van der Waals surface area contributed by atoms with Gasteiger partial charge in [0.15, 0.2) is 0 Å². The van der Waals surface area contributed by atoms with Crippen LogP contribution < -0.4 is 4.74 Å². The third-order valence-electron chi connectivity index (χ3n) is 3.70. The summed E-state index contributed by atoms with van der Waals surface area (Å²) in [6, 6.07) is 15.0. The van der Waals surface area contributed by atoms with Gasteiger partial charge in [0.05, 0.1) is 19.8 Å². The predicted molar refractivity (Wildman–Crippen MR) is 91.8 cm³/mol. The Morgan fingerprint density at radius 1 is 1.13 bits per heavy atom. The summed E-state index contributed by atoms with van der Waals surface area (Å²) in [6.45, 7) is 1.43. The molecule has 1 unspecified atom stereocenters. The number of methoxy groups -OCH3 is 1. The first kappa shape index (κ1) is 17.8. The molecule has 0 amide bonds. The van der Waals surface area contributed by atoms with E-state index < -0.39 is 6.10 Å². The fourth-order valence-electron chi connectivity index (χ4n) is 2.54. The van der Waals surface area contributed by atoms with Gasteiger partial charge in [-0.15, -0.1) is 0 Å². The van der Waals surface area contributed by atoms with E-state index in [1.54, 1.807) is 13.2 Å². The summed E-state index contributed by atoms with van der Waals surface area (Å²) in [5, 5.41) is 20.3. The lowest BCUT2D eigenvalue weighted by molar-refractivity contribution is 0.0952. The Labute approximate surface area is 141 Å². The van der Waals surface area contributed by atoms with Gasteiger partial charge in [0, 0.05) is 35.8 Å². The van der Waals surface area contributed by atoms with Gasteiger partial charge in [-0.3, -0.25) is 4.90 Å². The van der Waals surface area contributed by atoms with Crippen LogP contribution in [0.5, 0.6) is 5.75 Å². The molecule has 0 heterocycles. The Hall–Kier alpha value is -1.59. The quantitative estimate of drug-likeness (QED) is 0.779. The maximum Gasteiger partial charge on any atom is 0.123 e. The van der Waals surface area contributed by atoms with E-state index in [1.165, 1.54) is 0 Å². The van der Waals surface area contributed by atoms with E-state index in [0.29, 0.717) is 30.2 Å². The van der Waals surface area contributed by atoms with Crippen molar-refractivity contribution in [3.05, 3.63) is 64.7 Å². The van der Waals surface area contributed by atoms with Crippen molar-refractivity contribution in [3.8, 4) is 5.75 Å². The molecular formula is C18H22ClNO3. The fraction of sp³-hybridized carbons (Fsp3) is 0.333. The van der Waals surface area contributed by atoms with Gasteiger partial charge in [-0.05, 0) is 12.1 Å². The average Bonchev–Trinajstić information content (AvgIpc) is 2.56. The van der Waals surface area contributed by atoms with E-state index in [-0.39, 0.29) is 6.61 Å². The lowest BCUT2D eigenvalue weighted by Gasteiger charge is -2.25. The molecule has 23 heavy (non-hydrogen) atoms. The second kappa shape index (κ2) is 8.89. The van der Waals surface area contributed by atoms with Crippen LogP contribution in [0.4, 0.5) is 0 Å². The number of para-hydroxylation sites is 1. The van der Waals surface area contributed by atoms with Crippen LogP contribution in [0.3, 0.4) is 0 Å². The molecule has 0 aliphatic rings. The van der Waals surface area contributed by atoms with Crippen molar-refractivity contribution in [2.75, 3.05) is 26.8 Å². The molecule has 2 rings (SSSR count). The van der Waals surface area contributed by atoms with Crippen LogP contribution in [-0.2, 0) is 6.54 Å². The number of hydrogen-bond donors (Lipinski definition) is 2. The summed E-state index contributed by atoms with van der Waals surface area (Å²) < 4.78 is 5.36. The van der Waals surface area contributed by atoms with Gasteiger partial charge < -0.3 is 14.9 Å². The normalized spacial score (nSPS) is 12.4. The Balaban J connectivity index is 2.11. The molecule has 0 aromatic heterocycles. The number of halogens is 1. The van der Waals surface area contributed by atoms with Crippen molar-refractivity contribution in [1.82, 2.24) is 4.90 Å². The van der Waals surface area contributed by atoms with Gasteiger partial charge in [-0.25, -0.2) is 0 Å². The van der Waals surface area contributed by atoms with E-state index in [9.17, 15) is 10.2 Å². The smallest absolute Gasteiger partial charge is 0.123 e. The highest BCUT2D eigenvalue weighted by atomic mass is 35.5. The minimum absolute atomic E-state index is 0.0182. The molecular weight excluding hydrogens is 314 g/mol. The first-order valence-electron chi connectivity index (χ1n) is 7.53. The first-order chi connectivity index (χ1) is 11.2. The van der Waals surface area contributed by atoms with Gasteiger partial charge >= 0.3 is 0 Å². The molecule has 2 N–H and O–H groups in total. The molecule has 0 radical (unpaired) electrons. The lowest BCUT2D eigenvalue weighted by Crippen LogP contribution is -2.31. The van der Waals surface area contributed by atoms with Crippen molar-refractivity contribution >= 4 is 11.6 Å². The van der Waals surface area contributed by atoms with Crippen LogP contribution in [-0.4, -0.2) is 41.9 Å². The zero-order valence-electron chi connectivity index (χ0n) is 13.2. The Morgan fingerprint density at radius 3 is 2.52 bits per heavy atom. The van der Waals surface area contributed by atoms with E-state index in [0.717, 1.165) is 11.3 Å². The van der Waals surface area contributed by atoms with Crippen molar-refractivity contribution < 1.29 is 14.9 Å². The highest BCUT2D eigenvalue weighted by molar-refractivity contribution is 6.31. The number of ether oxygens (including phenoxy) is 1. The maximum absolute atomic E-state index is 10.5. The van der Waals surface area contributed by atoms with Crippen molar-refractivity contribution in [1.29, 1.82) is 0 Å². The predicted octanol–water partition coefficient (Wildman–Crippen LogP) is 2.88. The molecule has 0 bridgehead atoms. The maximum atomic E-state index is 10.5. The topological polar surface area (TPSA) is 52.9 Å². The monoisotopic (exact) mass is 335 g/mol. The van der Waals surface area contributed by atoms with Crippen LogP contribution in [0.1, 0.15) is 17.2 Å². The second-order valence-electron chi connectivity index (χ2n) is 5.31. The van der Waals surface area contributed by atoms with Gasteiger partial charge in [-0.2, -0.15) is 0 Å². The van der Waals surface area contributed by atoms with Gasteiger partial charge in [0.1, 0.15) is 5.75 Å². The highest BCUT2D eigenvalue weighted by Crippen LogP contribution is 2.25. The van der Waals surface area contributed by atoms with Gasteiger partial charge in [-0.1, -0.05) is 48.0 Å². The largest absolute Gasteiger partial charge is 0.496 e. The average molecular weight is 336 g/mol. The Bertz CT molecular complexity index is 621. The van der Waals surface area contributed by atoms with Crippen molar-refractivity contribution in [2.24, 2.45) is 0 Å². The van der Waals surface area contributed by atoms with Crippen molar-refractivity contribution in [3.63, 3.8) is 0 Å². The van der Waals surface area contributed by atoms with E-state index in [4.69, 9.17) is 16.3 Å². The molecule has 124 valence electrons. The van der Waals surface area contributed by atoms with Gasteiger partial charge in [0.2, 0.25) is 0 Å². The Kier molecular flexibility index (Phi) is 6.86. The van der Waals surface area contributed by atoms with E-state index in [1.807, 2.05) is 47.4 Å². The molecule has 1 atom stereocenters. The zero-order chi connectivity index (χ0) is 16.7. The summed E-state index contributed by atoms with van der Waals surface area (Å²) in [7, 11) is 1.63. The van der Waals surface area contributed by atoms with Gasteiger partial charge in [0.25, 0.3) is 0 Å². The van der Waals surface area contributed by atoms with Crippen LogP contribution in [0.25, 0.3) is 0 Å². The summed E-state index contributed by atoms with van der Waals surface area (Å²) >= 11 is 6.14. The fourth-order valence-corrected chi connectivity index (χ4v) is 2.80. The van der Waals surface area contributed by atoms with Crippen LogP contribution in [0, 0.1) is 0 Å². The van der Waals surface area contributed by atoms with Crippen LogP contribution >= 0.6 is 11.6 Å². The third kappa shape index (κ3) is 4.94. The summed E-state index contributed by atoms with van der Waals surface area (Å²) in [4.78, 5) is 1.98. The molecule has 0 spiro atoms. The van der Waals surface area contributed by atoms with Crippen LogP contribution in [0.15, 0.2) is 48.5 Å². The molecule has 0 aliphatic carbocycles. The number of nitrogens with zero attached hydrogens (tertiary/aromatic N) is 1. The molecule has 5 heteroatoms. The van der Waals surface area contributed by atoms with E-state index >= 15 is 0 Å². The molecule has 4 nitrogen and oxygen atoms in total. The van der Waals surface area contributed by atoms with Crippen LogP contribution in [0.2, 0.25) is 5.02 Å². The number of rotatable bonds is 8. The number of aliphatic hydroxyl groups is 2. The van der Waals surface area contributed by atoms with E-state index in [2.05, 4.69) is 0 Å². The number of hydrogen-bond acceptors (Lipinski definition) is 4. The standard InChI is InChI=1S/C18H22ClNO3/c1-23-18-9-5-2-6-14(18)12-20(10-11-21)13-17(22)15-7-3-4-8-16(15)19/h2-9,17,21-22H,10-13H2,1H3. The molecule has 0 saturated carbocycles. The highest BCUT2D eigenvalue weighted by Gasteiger charge is 2.17. The number of benzene rings is 2. The first-order valence-corrected chi connectivity index (χ1v) is 7.91. The lowest BCUT2D eigenvalue weighted by atomic mass is 10.1. The summed E-state index contributed by atoms with van der Waals surface area (Å²) in [5.41, 5.74) is 1.70. The number of aliphatic hydroxyl groups excluding tert-OH is 2. The summed E-state index contributed by atoms with van der Waals surface area (Å²) in [5.74, 6) is 0.794. The minimum atomic E-state index is -0.718. The molecule has 2 aromatic rings. The SMILES string of the molecule is COc1ccccc1CN(CCO)CC(O)c1ccccc1Cl. The molecule has 0 fully saturated rings. The summed E-state index contributed by atoms with van der Waals surface area (Å²) in [6.07, 6.45) is -0.718.